The van der Waals surface area contributed by atoms with Gasteiger partial charge >= 0.3 is 5.97 Å². The highest BCUT2D eigenvalue weighted by Crippen LogP contribution is 2.20. The molecule has 0 aromatic rings. The average Bonchev–Trinajstić information content (AvgIpc) is 2.51. The third-order valence-electron chi connectivity index (χ3n) is 4.15. The first-order chi connectivity index (χ1) is 10.3. The first kappa shape index (κ1) is 20.2. The van der Waals surface area contributed by atoms with Crippen LogP contribution in [0.1, 0.15) is 90.4 Å². The molecule has 0 radical (unpaired) electrons. The largest absolute Gasteiger partial charge is 0.469 e. The highest BCUT2D eigenvalue weighted by Gasteiger charge is 2.17. The number of carbonyl (C=O) groups is 1. The fourth-order valence-electron chi connectivity index (χ4n) is 2.75. The Hall–Kier alpha value is -0.790. The number of allylic oxidation sites excluding steroid dienone is 1. The summed E-state index contributed by atoms with van der Waals surface area (Å²) in [5.41, 5.74) is 0. The van der Waals surface area contributed by atoms with Crippen molar-refractivity contribution in [2.24, 2.45) is 5.92 Å². The van der Waals surface area contributed by atoms with Crippen LogP contribution in [0.4, 0.5) is 0 Å². The van der Waals surface area contributed by atoms with Crippen molar-refractivity contribution in [3.8, 4) is 0 Å². The molecule has 0 saturated carbocycles. The zero-order valence-electron chi connectivity index (χ0n) is 14.4. The molecule has 2 heteroatoms. The summed E-state index contributed by atoms with van der Waals surface area (Å²) in [6.07, 6.45) is 17.6. The SMILES string of the molecule is C=CCCCCCCC(CCCCCCCC)C(=O)OC. The van der Waals surface area contributed by atoms with Gasteiger partial charge in [-0.1, -0.05) is 70.8 Å². The Morgan fingerprint density at radius 3 is 2.00 bits per heavy atom. The Morgan fingerprint density at radius 2 is 1.48 bits per heavy atom. The van der Waals surface area contributed by atoms with Crippen LogP contribution in [0, 0.1) is 5.92 Å². The van der Waals surface area contributed by atoms with Gasteiger partial charge in [-0.05, 0) is 25.7 Å². The molecular formula is C19H36O2. The van der Waals surface area contributed by atoms with Gasteiger partial charge in [0.25, 0.3) is 0 Å². The monoisotopic (exact) mass is 296 g/mol. The van der Waals surface area contributed by atoms with Gasteiger partial charge in [0.15, 0.2) is 0 Å². The number of rotatable bonds is 15. The summed E-state index contributed by atoms with van der Waals surface area (Å²) in [4.78, 5) is 11.8. The van der Waals surface area contributed by atoms with Crippen LogP contribution in [0.15, 0.2) is 12.7 Å². The maximum atomic E-state index is 11.8. The fraction of sp³-hybridized carbons (Fsp3) is 0.842. The van der Waals surface area contributed by atoms with E-state index in [1.54, 1.807) is 0 Å². The van der Waals surface area contributed by atoms with Crippen LogP contribution in [0.25, 0.3) is 0 Å². The van der Waals surface area contributed by atoms with Crippen LogP contribution in [-0.2, 0) is 9.53 Å². The second-order valence-electron chi connectivity index (χ2n) is 6.06. The molecule has 0 N–H and O–H groups in total. The van der Waals surface area contributed by atoms with Crippen molar-refractivity contribution >= 4 is 5.97 Å². The van der Waals surface area contributed by atoms with Crippen molar-refractivity contribution in [3.63, 3.8) is 0 Å². The molecule has 0 spiro atoms. The standard InChI is InChI=1S/C19H36O2/c1-4-6-8-10-12-14-16-18(19(20)21-3)17-15-13-11-9-7-5-2/h4,18H,1,5-17H2,2-3H3. The molecule has 0 aliphatic rings. The number of esters is 1. The Labute approximate surface area is 132 Å². The number of ether oxygens (including phenoxy) is 1. The van der Waals surface area contributed by atoms with Crippen LogP contribution in [-0.4, -0.2) is 13.1 Å². The highest BCUT2D eigenvalue weighted by atomic mass is 16.5. The lowest BCUT2D eigenvalue weighted by molar-refractivity contribution is -0.146. The van der Waals surface area contributed by atoms with Crippen LogP contribution in [0.2, 0.25) is 0 Å². The van der Waals surface area contributed by atoms with Crippen molar-refractivity contribution < 1.29 is 9.53 Å². The summed E-state index contributed by atoms with van der Waals surface area (Å²) in [6, 6.07) is 0. The van der Waals surface area contributed by atoms with Crippen molar-refractivity contribution in [2.45, 2.75) is 90.4 Å². The van der Waals surface area contributed by atoms with Crippen molar-refractivity contribution in [3.05, 3.63) is 12.7 Å². The zero-order chi connectivity index (χ0) is 15.8. The van der Waals surface area contributed by atoms with E-state index in [1.165, 1.54) is 64.9 Å². The molecule has 21 heavy (non-hydrogen) atoms. The van der Waals surface area contributed by atoms with E-state index in [-0.39, 0.29) is 11.9 Å². The summed E-state index contributed by atoms with van der Waals surface area (Å²) in [7, 11) is 1.51. The number of hydrogen-bond acceptors (Lipinski definition) is 2. The minimum absolute atomic E-state index is 0.00495. The van der Waals surface area contributed by atoms with Gasteiger partial charge in [-0.25, -0.2) is 0 Å². The van der Waals surface area contributed by atoms with Gasteiger partial charge < -0.3 is 4.74 Å². The molecule has 0 aromatic carbocycles. The minimum atomic E-state index is -0.00495. The Morgan fingerprint density at radius 1 is 0.952 bits per heavy atom. The fourth-order valence-corrected chi connectivity index (χ4v) is 2.75. The van der Waals surface area contributed by atoms with E-state index >= 15 is 0 Å². The molecule has 0 heterocycles. The molecule has 124 valence electrons. The Kier molecular flexibility index (Phi) is 15.0. The van der Waals surface area contributed by atoms with Crippen LogP contribution in [0.5, 0.6) is 0 Å². The lowest BCUT2D eigenvalue weighted by Crippen LogP contribution is -2.16. The summed E-state index contributed by atoms with van der Waals surface area (Å²) in [6.45, 7) is 5.98. The second kappa shape index (κ2) is 15.6. The normalized spacial score (nSPS) is 12.1. The van der Waals surface area contributed by atoms with E-state index in [0.717, 1.165) is 25.7 Å². The van der Waals surface area contributed by atoms with Crippen LogP contribution >= 0.6 is 0 Å². The van der Waals surface area contributed by atoms with Gasteiger partial charge in [-0.3, -0.25) is 4.79 Å². The molecule has 0 amide bonds. The number of carbonyl (C=O) groups excluding carboxylic acids is 1. The van der Waals surface area contributed by atoms with E-state index < -0.39 is 0 Å². The summed E-state index contributed by atoms with van der Waals surface area (Å²) >= 11 is 0. The third kappa shape index (κ3) is 12.6. The second-order valence-corrected chi connectivity index (χ2v) is 6.06. The lowest BCUT2D eigenvalue weighted by atomic mass is 9.94. The predicted octanol–water partition coefficient (Wildman–Crippen LogP) is 6.05. The minimum Gasteiger partial charge on any atom is -0.469 e. The summed E-state index contributed by atoms with van der Waals surface area (Å²) in [5, 5.41) is 0. The van der Waals surface area contributed by atoms with Crippen molar-refractivity contribution in [2.75, 3.05) is 7.11 Å². The predicted molar refractivity (Wildman–Crippen MR) is 91.4 cm³/mol. The van der Waals surface area contributed by atoms with Gasteiger partial charge in [0.1, 0.15) is 0 Å². The Bertz CT molecular complexity index is 248. The first-order valence-corrected chi connectivity index (χ1v) is 8.95. The average molecular weight is 296 g/mol. The van der Waals surface area contributed by atoms with Crippen LogP contribution in [0.3, 0.4) is 0 Å². The smallest absolute Gasteiger partial charge is 0.308 e. The number of unbranched alkanes of at least 4 members (excludes halogenated alkanes) is 9. The molecule has 1 atom stereocenters. The topological polar surface area (TPSA) is 26.3 Å². The maximum Gasteiger partial charge on any atom is 0.308 e. The zero-order valence-corrected chi connectivity index (χ0v) is 14.4. The molecular weight excluding hydrogens is 260 g/mol. The molecule has 1 unspecified atom stereocenters. The number of hydrogen-bond donors (Lipinski definition) is 0. The number of methoxy groups -OCH3 is 1. The van der Waals surface area contributed by atoms with Crippen LogP contribution < -0.4 is 0 Å². The molecule has 0 fully saturated rings. The lowest BCUT2D eigenvalue weighted by Gasteiger charge is -2.14. The maximum absolute atomic E-state index is 11.8. The van der Waals surface area contributed by atoms with Crippen molar-refractivity contribution in [1.82, 2.24) is 0 Å². The van der Waals surface area contributed by atoms with Gasteiger partial charge in [0.2, 0.25) is 0 Å². The molecule has 2 nitrogen and oxygen atoms in total. The third-order valence-corrected chi connectivity index (χ3v) is 4.15. The first-order valence-electron chi connectivity index (χ1n) is 8.95. The van der Waals surface area contributed by atoms with E-state index in [4.69, 9.17) is 4.74 Å². The quantitative estimate of drug-likeness (QED) is 0.209. The molecule has 0 aliphatic heterocycles. The van der Waals surface area contributed by atoms with Gasteiger partial charge in [-0.2, -0.15) is 0 Å². The van der Waals surface area contributed by atoms with Crippen molar-refractivity contribution in [1.29, 1.82) is 0 Å². The van der Waals surface area contributed by atoms with E-state index in [0.29, 0.717) is 0 Å². The summed E-state index contributed by atoms with van der Waals surface area (Å²) in [5.74, 6) is 0.121. The molecule has 0 saturated heterocycles. The van der Waals surface area contributed by atoms with E-state index in [9.17, 15) is 4.79 Å². The Balaban J connectivity index is 3.72. The molecule has 0 aromatic heterocycles. The molecule has 0 rings (SSSR count). The van der Waals surface area contributed by atoms with Gasteiger partial charge in [-0.15, -0.1) is 6.58 Å². The summed E-state index contributed by atoms with van der Waals surface area (Å²) < 4.78 is 4.95. The molecule has 0 bridgehead atoms. The van der Waals surface area contributed by atoms with E-state index in [2.05, 4.69) is 13.5 Å². The van der Waals surface area contributed by atoms with Gasteiger partial charge in [0, 0.05) is 0 Å². The van der Waals surface area contributed by atoms with Gasteiger partial charge in [0.05, 0.1) is 13.0 Å². The van der Waals surface area contributed by atoms with E-state index in [1.807, 2.05) is 6.08 Å². The molecule has 0 aliphatic carbocycles. The highest BCUT2D eigenvalue weighted by molar-refractivity contribution is 5.72.